The zero-order valence-electron chi connectivity index (χ0n) is 12.5. The van der Waals surface area contributed by atoms with Crippen molar-refractivity contribution in [2.45, 2.75) is 18.9 Å². The summed E-state index contributed by atoms with van der Waals surface area (Å²) in [7, 11) is 5.55. The van der Waals surface area contributed by atoms with E-state index >= 15 is 0 Å². The number of carbonyl (C=O) groups excluding carboxylic acids is 2. The Bertz CT molecular complexity index is 539. The highest BCUT2D eigenvalue weighted by Gasteiger charge is 2.23. The average Bonchev–Trinajstić information content (AvgIpc) is 2.95. The Kier molecular flexibility index (Phi) is 5.08. The molecular weight excluding hydrogens is 288 g/mol. The third kappa shape index (κ3) is 3.89. The van der Waals surface area contributed by atoms with Crippen molar-refractivity contribution in [3.05, 3.63) is 22.4 Å². The lowest BCUT2D eigenvalue weighted by molar-refractivity contribution is -0.130. The lowest BCUT2D eigenvalue weighted by Gasteiger charge is -2.24. The van der Waals surface area contributed by atoms with Gasteiger partial charge in [-0.15, -0.1) is 11.3 Å². The molecule has 1 aliphatic rings. The highest BCUT2D eigenvalue weighted by molar-refractivity contribution is 7.10. The van der Waals surface area contributed by atoms with E-state index in [9.17, 15) is 9.59 Å². The Balaban J connectivity index is 1.97. The molecule has 0 saturated heterocycles. The number of thiophene rings is 1. The molecule has 0 fully saturated rings. The molecule has 1 aromatic heterocycles. The first-order valence-electron chi connectivity index (χ1n) is 6.81. The topological polar surface area (TPSA) is 65.0 Å². The van der Waals surface area contributed by atoms with Crippen molar-refractivity contribution < 1.29 is 9.59 Å². The largest absolute Gasteiger partial charge is 0.349 e. The minimum atomic E-state index is -0.197. The average molecular weight is 308 g/mol. The van der Waals surface area contributed by atoms with E-state index in [2.05, 4.69) is 21.4 Å². The second-order valence-electron chi connectivity index (χ2n) is 5.17. The van der Waals surface area contributed by atoms with Crippen LogP contribution in [0.5, 0.6) is 0 Å². The van der Waals surface area contributed by atoms with Gasteiger partial charge in [0.1, 0.15) is 5.71 Å². The van der Waals surface area contributed by atoms with Gasteiger partial charge in [0.25, 0.3) is 5.91 Å². The zero-order chi connectivity index (χ0) is 15.4. The molecule has 0 bridgehead atoms. The first-order valence-corrected chi connectivity index (χ1v) is 7.69. The van der Waals surface area contributed by atoms with Crippen LogP contribution < -0.4 is 5.32 Å². The summed E-state index contributed by atoms with van der Waals surface area (Å²) in [6.07, 6.45) is 0.741. The maximum Gasteiger partial charge on any atom is 0.267 e. The number of carbonyl (C=O) groups is 2. The molecule has 114 valence electrons. The van der Waals surface area contributed by atoms with E-state index in [0.29, 0.717) is 25.1 Å². The maximum absolute atomic E-state index is 12.2. The molecule has 0 unspecified atom stereocenters. The normalized spacial score (nSPS) is 16.9. The third-order valence-corrected chi connectivity index (χ3v) is 4.39. The molecule has 0 spiro atoms. The molecule has 1 aromatic rings. The van der Waals surface area contributed by atoms with Gasteiger partial charge in [0.15, 0.2) is 0 Å². The third-order valence-electron chi connectivity index (χ3n) is 3.42. The molecule has 0 aromatic carbocycles. The van der Waals surface area contributed by atoms with E-state index in [-0.39, 0.29) is 17.9 Å². The van der Waals surface area contributed by atoms with Crippen LogP contribution in [0.25, 0.3) is 0 Å². The first-order chi connectivity index (χ1) is 9.99. The quantitative estimate of drug-likeness (QED) is 0.885. The predicted molar refractivity (Wildman–Crippen MR) is 83.2 cm³/mol. The number of nitrogens with one attached hydrogen (secondary N) is 1. The summed E-state index contributed by atoms with van der Waals surface area (Å²) in [5.74, 6) is -0.256. The second-order valence-corrected chi connectivity index (χ2v) is 6.15. The number of likely N-dealkylation sites (N-methyl/N-ethyl adjacent to an activating group) is 1. The van der Waals surface area contributed by atoms with Crippen LogP contribution in [0.2, 0.25) is 0 Å². The Morgan fingerprint density at radius 1 is 1.52 bits per heavy atom. The van der Waals surface area contributed by atoms with E-state index < -0.39 is 0 Å². The summed E-state index contributed by atoms with van der Waals surface area (Å²) < 4.78 is 0. The highest BCUT2D eigenvalue weighted by Crippen LogP contribution is 2.22. The number of hydrazone groups is 1. The number of nitrogens with zero attached hydrogens (tertiary/aromatic N) is 3. The van der Waals surface area contributed by atoms with Crippen molar-refractivity contribution in [1.29, 1.82) is 0 Å². The molecule has 6 nitrogen and oxygen atoms in total. The van der Waals surface area contributed by atoms with Gasteiger partial charge >= 0.3 is 0 Å². The molecule has 1 aliphatic heterocycles. The van der Waals surface area contributed by atoms with Crippen molar-refractivity contribution in [3.63, 3.8) is 0 Å². The van der Waals surface area contributed by atoms with Crippen molar-refractivity contribution in [3.8, 4) is 0 Å². The van der Waals surface area contributed by atoms with Crippen LogP contribution in [0.3, 0.4) is 0 Å². The Labute approximate surface area is 128 Å². The van der Waals surface area contributed by atoms with Gasteiger partial charge in [0.05, 0.1) is 6.04 Å². The number of hydrogen-bond acceptors (Lipinski definition) is 5. The van der Waals surface area contributed by atoms with Gasteiger partial charge in [-0.25, -0.2) is 5.01 Å². The zero-order valence-corrected chi connectivity index (χ0v) is 13.3. The first kappa shape index (κ1) is 15.7. The van der Waals surface area contributed by atoms with Crippen LogP contribution in [0.15, 0.2) is 22.6 Å². The van der Waals surface area contributed by atoms with Gasteiger partial charge in [0.2, 0.25) is 5.91 Å². The molecule has 1 N–H and O–H groups in total. The lowest BCUT2D eigenvalue weighted by Crippen LogP contribution is -2.40. The van der Waals surface area contributed by atoms with Crippen molar-refractivity contribution in [2.24, 2.45) is 5.10 Å². The van der Waals surface area contributed by atoms with Crippen LogP contribution in [0.4, 0.5) is 0 Å². The minimum Gasteiger partial charge on any atom is -0.349 e. The van der Waals surface area contributed by atoms with Crippen LogP contribution in [-0.2, 0) is 9.59 Å². The summed E-state index contributed by atoms with van der Waals surface area (Å²) in [6, 6.07) is 4.20. The molecule has 2 amide bonds. The van der Waals surface area contributed by atoms with Crippen molar-refractivity contribution >= 4 is 28.9 Å². The van der Waals surface area contributed by atoms with E-state index in [4.69, 9.17) is 0 Å². The summed E-state index contributed by atoms with van der Waals surface area (Å²) in [4.78, 5) is 26.8. The molecule has 21 heavy (non-hydrogen) atoms. The number of rotatable bonds is 5. The van der Waals surface area contributed by atoms with E-state index in [1.165, 1.54) is 9.89 Å². The van der Waals surface area contributed by atoms with Crippen LogP contribution in [0.1, 0.15) is 23.8 Å². The minimum absolute atomic E-state index is 0.0590. The van der Waals surface area contributed by atoms with Gasteiger partial charge in [-0.3, -0.25) is 9.59 Å². The molecule has 1 atom stereocenters. The molecule has 2 rings (SSSR count). The van der Waals surface area contributed by atoms with Gasteiger partial charge in [0, 0.05) is 31.3 Å². The van der Waals surface area contributed by atoms with E-state index in [1.54, 1.807) is 18.4 Å². The van der Waals surface area contributed by atoms with Gasteiger partial charge < -0.3 is 10.2 Å². The molecular formula is C14H20N4O2S. The molecule has 0 saturated carbocycles. The fourth-order valence-electron chi connectivity index (χ4n) is 2.14. The van der Waals surface area contributed by atoms with Crippen LogP contribution >= 0.6 is 11.3 Å². The summed E-state index contributed by atoms with van der Waals surface area (Å²) in [6.45, 7) is 0.517. The Hall–Kier alpha value is -1.73. The summed E-state index contributed by atoms with van der Waals surface area (Å²) in [5.41, 5.74) is 0.417. The van der Waals surface area contributed by atoms with Gasteiger partial charge in [-0.2, -0.15) is 5.10 Å². The summed E-state index contributed by atoms with van der Waals surface area (Å²) >= 11 is 1.67. The standard InChI is InChI=1S/C14H20N4O2S/c1-17(2)11(12-5-4-8-21-12)9-15-14(20)10-6-7-13(19)18(3)16-10/h4-5,8,11H,6-7,9H2,1-3H3,(H,15,20)/t11-/m0/s1. The Morgan fingerprint density at radius 2 is 2.29 bits per heavy atom. The SMILES string of the molecule is CN1N=C(C(=O)NC[C@@H](c2cccs2)N(C)C)CCC1=O. The van der Waals surface area contributed by atoms with E-state index in [1.807, 2.05) is 25.5 Å². The van der Waals surface area contributed by atoms with Gasteiger partial charge in [-0.1, -0.05) is 6.07 Å². The van der Waals surface area contributed by atoms with Crippen LogP contribution in [-0.4, -0.2) is 55.1 Å². The molecule has 0 aliphatic carbocycles. The van der Waals surface area contributed by atoms with Gasteiger partial charge in [-0.05, 0) is 25.5 Å². The summed E-state index contributed by atoms with van der Waals surface area (Å²) in [5, 5.41) is 10.2. The number of hydrogen-bond donors (Lipinski definition) is 1. The predicted octanol–water partition coefficient (Wildman–Crippen LogP) is 1.08. The lowest BCUT2D eigenvalue weighted by atomic mass is 10.1. The Morgan fingerprint density at radius 3 is 2.86 bits per heavy atom. The second kappa shape index (κ2) is 6.82. The molecule has 7 heteroatoms. The maximum atomic E-state index is 12.2. The fraction of sp³-hybridized carbons (Fsp3) is 0.500. The molecule has 2 heterocycles. The van der Waals surface area contributed by atoms with Crippen molar-refractivity contribution in [2.75, 3.05) is 27.7 Å². The van der Waals surface area contributed by atoms with Crippen LogP contribution in [0, 0.1) is 0 Å². The highest BCUT2D eigenvalue weighted by atomic mass is 32.1. The number of amides is 2. The monoisotopic (exact) mass is 308 g/mol. The van der Waals surface area contributed by atoms with Crippen molar-refractivity contribution in [1.82, 2.24) is 15.2 Å². The van der Waals surface area contributed by atoms with E-state index in [0.717, 1.165) is 0 Å². The fourth-order valence-corrected chi connectivity index (χ4v) is 3.07. The molecule has 0 radical (unpaired) electrons. The smallest absolute Gasteiger partial charge is 0.267 e.